The first-order valence-corrected chi connectivity index (χ1v) is 10.1. The van der Waals surface area contributed by atoms with Crippen molar-refractivity contribution in [3.8, 4) is 5.75 Å². The number of nitrogens with zero attached hydrogens (tertiary/aromatic N) is 1. The van der Waals surface area contributed by atoms with Crippen LogP contribution in [0.4, 0.5) is 17.1 Å². The molecule has 2 N–H and O–H groups in total. The Morgan fingerprint density at radius 2 is 1.77 bits per heavy atom. The number of piperidine rings is 1. The minimum absolute atomic E-state index is 0.00165. The molecule has 1 aliphatic rings. The maximum Gasteiger partial charge on any atom is 0.338 e. The molecule has 0 unspecified atom stereocenters. The Labute approximate surface area is 174 Å². The van der Waals surface area contributed by atoms with E-state index in [1.165, 1.54) is 12.5 Å². The number of amides is 1. The van der Waals surface area contributed by atoms with Crippen molar-refractivity contribution >= 4 is 33.9 Å². The average molecular weight is 407 g/mol. The summed E-state index contributed by atoms with van der Waals surface area (Å²) >= 11 is 0. The lowest BCUT2D eigenvalue weighted by Gasteiger charge is -2.25. The van der Waals surface area contributed by atoms with Crippen LogP contribution in [0, 0.1) is 0 Å². The molecule has 3 aromatic rings. The van der Waals surface area contributed by atoms with Gasteiger partial charge in [-0.2, -0.15) is 0 Å². The normalized spacial score (nSPS) is 14.4. The number of methoxy groups -OCH3 is 1. The second kappa shape index (κ2) is 9.00. The van der Waals surface area contributed by atoms with Crippen molar-refractivity contribution in [1.29, 1.82) is 0 Å². The van der Waals surface area contributed by atoms with Gasteiger partial charge in [0.2, 0.25) is 5.91 Å². The molecule has 0 atom stereocenters. The van der Waals surface area contributed by atoms with Gasteiger partial charge >= 0.3 is 5.63 Å². The first-order chi connectivity index (χ1) is 14.6. The number of carbonyl (C=O) groups excluding carboxylic acids is 1. The third-order valence-electron chi connectivity index (χ3n) is 5.22. The summed E-state index contributed by atoms with van der Waals surface area (Å²) in [6.07, 6.45) is 3.57. The van der Waals surface area contributed by atoms with Gasteiger partial charge in [0.05, 0.1) is 19.3 Å². The molecule has 1 fully saturated rings. The molecule has 0 bridgehead atoms. The third-order valence-corrected chi connectivity index (χ3v) is 5.22. The van der Waals surface area contributed by atoms with Crippen molar-refractivity contribution < 1.29 is 13.9 Å². The number of benzene rings is 2. The molecule has 0 saturated carbocycles. The van der Waals surface area contributed by atoms with Crippen molar-refractivity contribution in [3.63, 3.8) is 0 Å². The molecule has 2 heterocycles. The molecular formula is C23H25N3O4. The zero-order valence-electron chi connectivity index (χ0n) is 16.9. The second-order valence-corrected chi connectivity index (χ2v) is 7.43. The molecule has 1 aromatic heterocycles. The van der Waals surface area contributed by atoms with Crippen molar-refractivity contribution in [2.24, 2.45) is 0 Å². The van der Waals surface area contributed by atoms with E-state index in [4.69, 9.17) is 9.15 Å². The number of hydrogen-bond acceptors (Lipinski definition) is 6. The Kier molecular flexibility index (Phi) is 5.99. The number of rotatable bonds is 6. The van der Waals surface area contributed by atoms with Gasteiger partial charge in [0.25, 0.3) is 0 Å². The third kappa shape index (κ3) is 4.80. The molecule has 4 rings (SSSR count). The van der Waals surface area contributed by atoms with Crippen LogP contribution in [-0.2, 0) is 4.79 Å². The quantitative estimate of drug-likeness (QED) is 0.602. The lowest BCUT2D eigenvalue weighted by atomic mass is 10.1. The number of ether oxygens (including phenoxy) is 1. The number of fused-ring (bicyclic) bond motifs is 1. The Hall–Kier alpha value is -3.32. The maximum absolute atomic E-state index is 12.3. The summed E-state index contributed by atoms with van der Waals surface area (Å²) in [6, 6.07) is 14.2. The Morgan fingerprint density at radius 1 is 1.03 bits per heavy atom. The monoisotopic (exact) mass is 407 g/mol. The zero-order chi connectivity index (χ0) is 20.9. The molecular weight excluding hydrogens is 382 g/mol. The summed E-state index contributed by atoms with van der Waals surface area (Å²) in [6.45, 7) is 2.40. The lowest BCUT2D eigenvalue weighted by molar-refractivity contribution is -0.117. The highest BCUT2D eigenvalue weighted by Crippen LogP contribution is 2.28. The first kappa shape index (κ1) is 20.0. The van der Waals surface area contributed by atoms with Crippen LogP contribution in [0.5, 0.6) is 5.75 Å². The number of anilines is 3. The minimum atomic E-state index is -0.445. The van der Waals surface area contributed by atoms with Crippen LogP contribution in [0.15, 0.2) is 57.7 Å². The predicted molar refractivity (Wildman–Crippen MR) is 118 cm³/mol. The smallest absolute Gasteiger partial charge is 0.338 e. The first-order valence-electron chi connectivity index (χ1n) is 10.1. The second-order valence-electron chi connectivity index (χ2n) is 7.43. The summed E-state index contributed by atoms with van der Waals surface area (Å²) in [5.41, 5.74) is 2.19. The summed E-state index contributed by atoms with van der Waals surface area (Å²) in [5, 5.41) is 6.97. The van der Waals surface area contributed by atoms with Crippen LogP contribution in [0.1, 0.15) is 19.3 Å². The summed E-state index contributed by atoms with van der Waals surface area (Å²) in [5.74, 6) is 0.616. The molecule has 2 aromatic carbocycles. The minimum Gasteiger partial charge on any atom is -0.497 e. The SMILES string of the molecule is COc1ccc2c(Nc3ccc(NC(=O)CN4CCCCC4)cc3)cc(=O)oc2c1. The van der Waals surface area contributed by atoms with Gasteiger partial charge in [0, 0.05) is 28.9 Å². The highest BCUT2D eigenvalue weighted by Gasteiger charge is 2.14. The molecule has 7 heteroatoms. The van der Waals surface area contributed by atoms with Gasteiger partial charge in [-0.05, 0) is 62.3 Å². The fourth-order valence-electron chi connectivity index (χ4n) is 3.69. The summed E-state index contributed by atoms with van der Waals surface area (Å²) in [7, 11) is 1.56. The van der Waals surface area contributed by atoms with Gasteiger partial charge in [0.1, 0.15) is 11.3 Å². The summed E-state index contributed by atoms with van der Waals surface area (Å²) in [4.78, 5) is 26.4. The lowest BCUT2D eigenvalue weighted by Crippen LogP contribution is -2.36. The number of hydrogen-bond donors (Lipinski definition) is 2. The van der Waals surface area contributed by atoms with Crippen LogP contribution < -0.4 is 21.0 Å². The van der Waals surface area contributed by atoms with Crippen molar-refractivity contribution in [2.75, 3.05) is 37.4 Å². The van der Waals surface area contributed by atoms with Crippen LogP contribution in [0.25, 0.3) is 11.0 Å². The molecule has 1 saturated heterocycles. The van der Waals surface area contributed by atoms with Crippen molar-refractivity contribution in [3.05, 3.63) is 59.0 Å². The Balaban J connectivity index is 1.44. The van der Waals surface area contributed by atoms with Gasteiger partial charge in [-0.15, -0.1) is 0 Å². The van der Waals surface area contributed by atoms with Gasteiger partial charge in [0.15, 0.2) is 0 Å². The van der Waals surface area contributed by atoms with Crippen LogP contribution in [-0.4, -0.2) is 37.6 Å². The van der Waals surface area contributed by atoms with E-state index in [0.29, 0.717) is 23.6 Å². The highest BCUT2D eigenvalue weighted by atomic mass is 16.5. The van der Waals surface area contributed by atoms with Gasteiger partial charge in [-0.25, -0.2) is 4.79 Å². The van der Waals surface area contributed by atoms with Gasteiger partial charge in [-0.3, -0.25) is 9.69 Å². The van der Waals surface area contributed by atoms with Crippen molar-refractivity contribution in [1.82, 2.24) is 4.90 Å². The van der Waals surface area contributed by atoms with E-state index in [1.807, 2.05) is 36.4 Å². The van der Waals surface area contributed by atoms with Crippen molar-refractivity contribution in [2.45, 2.75) is 19.3 Å². The number of carbonyl (C=O) groups is 1. The largest absolute Gasteiger partial charge is 0.497 e. The molecule has 1 aliphatic heterocycles. The van der Waals surface area contributed by atoms with Gasteiger partial charge < -0.3 is 19.8 Å². The summed E-state index contributed by atoms with van der Waals surface area (Å²) < 4.78 is 10.5. The molecule has 1 amide bonds. The van der Waals surface area contributed by atoms with Crippen LogP contribution in [0.3, 0.4) is 0 Å². The highest BCUT2D eigenvalue weighted by molar-refractivity contribution is 5.93. The van der Waals surface area contributed by atoms with E-state index in [2.05, 4.69) is 15.5 Å². The molecule has 30 heavy (non-hydrogen) atoms. The molecule has 0 spiro atoms. The van der Waals surface area contributed by atoms with Crippen LogP contribution in [0.2, 0.25) is 0 Å². The Bertz CT molecular complexity index is 1090. The van der Waals surface area contributed by atoms with E-state index >= 15 is 0 Å². The van der Waals surface area contributed by atoms with E-state index in [9.17, 15) is 9.59 Å². The predicted octanol–water partition coefficient (Wildman–Crippen LogP) is 3.97. The standard InChI is InChI=1S/C23H25N3O4/c1-29-18-9-10-19-20(14-23(28)30-21(19)13-18)24-16-5-7-17(8-6-16)25-22(27)15-26-11-3-2-4-12-26/h5-10,13-14,24H,2-4,11-12,15H2,1H3,(H,25,27). The number of likely N-dealkylation sites (tertiary alicyclic amines) is 1. The van der Waals surface area contributed by atoms with Crippen LogP contribution >= 0.6 is 0 Å². The molecule has 156 valence electrons. The average Bonchev–Trinajstić information content (AvgIpc) is 2.75. The fraction of sp³-hybridized carbons (Fsp3) is 0.304. The van der Waals surface area contributed by atoms with E-state index in [0.717, 1.165) is 42.7 Å². The van der Waals surface area contributed by atoms with E-state index in [1.54, 1.807) is 13.2 Å². The zero-order valence-corrected chi connectivity index (χ0v) is 16.9. The van der Waals surface area contributed by atoms with E-state index in [-0.39, 0.29) is 5.91 Å². The fourth-order valence-corrected chi connectivity index (χ4v) is 3.69. The van der Waals surface area contributed by atoms with Gasteiger partial charge in [-0.1, -0.05) is 6.42 Å². The molecule has 0 aliphatic carbocycles. The van der Waals surface area contributed by atoms with E-state index < -0.39 is 5.63 Å². The Morgan fingerprint density at radius 3 is 2.50 bits per heavy atom. The topological polar surface area (TPSA) is 83.8 Å². The number of nitrogens with one attached hydrogen (secondary N) is 2. The maximum atomic E-state index is 12.3. The molecule has 7 nitrogen and oxygen atoms in total. The molecule has 0 radical (unpaired) electrons.